The molecule has 0 N–H and O–H groups in total. The van der Waals surface area contributed by atoms with E-state index in [1.807, 2.05) is 0 Å². The third-order valence-corrected chi connectivity index (χ3v) is 21.3. The number of hydrogen-bond acceptors (Lipinski definition) is 0. The van der Waals surface area contributed by atoms with E-state index in [9.17, 15) is 0 Å². The van der Waals surface area contributed by atoms with Crippen LogP contribution >= 0.6 is 0 Å². The number of hydrogen-bond donors (Lipinski definition) is 0. The van der Waals surface area contributed by atoms with Crippen molar-refractivity contribution >= 4 is 116 Å². The summed E-state index contributed by atoms with van der Waals surface area (Å²) < 4.78 is 9.81. The van der Waals surface area contributed by atoms with E-state index in [0.29, 0.717) is 0 Å². The summed E-state index contributed by atoms with van der Waals surface area (Å²) in [6.07, 6.45) is 0. The Balaban J connectivity index is 0.853. The Morgan fingerprint density at radius 3 is 0.896 bits per heavy atom. The van der Waals surface area contributed by atoms with Gasteiger partial charge in [0.15, 0.2) is 8.07 Å². The minimum atomic E-state index is -2.69. The molecule has 4 nitrogen and oxygen atoms in total. The van der Waals surface area contributed by atoms with Gasteiger partial charge in [-0.05, 0) is 118 Å². The molecule has 0 aliphatic heterocycles. The van der Waals surface area contributed by atoms with E-state index in [1.165, 1.54) is 108 Å². The first kappa shape index (κ1) is 43.5. The molecule has 0 radical (unpaired) electrons. The highest BCUT2D eigenvalue weighted by Gasteiger charge is 2.41. The van der Waals surface area contributed by atoms with Crippen LogP contribution < -0.4 is 20.7 Å². The largest absolute Gasteiger partial charge is 0.309 e. The predicted molar refractivity (Wildman–Crippen MR) is 327 cm³/mol. The van der Waals surface area contributed by atoms with Gasteiger partial charge in [0.25, 0.3) is 0 Å². The summed E-state index contributed by atoms with van der Waals surface area (Å²) in [5.41, 5.74) is 14.1. The average Bonchev–Trinajstić information content (AvgIpc) is 4.35. The number of aromatic nitrogens is 4. The topological polar surface area (TPSA) is 19.7 Å². The number of rotatable bonds is 8. The molecule has 77 heavy (non-hydrogen) atoms. The van der Waals surface area contributed by atoms with Crippen LogP contribution in [0.25, 0.3) is 110 Å². The van der Waals surface area contributed by atoms with Gasteiger partial charge < -0.3 is 18.3 Å². The minimum Gasteiger partial charge on any atom is -0.309 e. The first-order chi connectivity index (χ1) is 38.2. The van der Waals surface area contributed by atoms with Crippen molar-refractivity contribution in [3.63, 3.8) is 0 Å². The third-order valence-electron chi connectivity index (χ3n) is 16.5. The lowest BCUT2D eigenvalue weighted by Gasteiger charge is -2.34. The Labute approximate surface area is 445 Å². The normalized spacial score (nSPS) is 12.2. The maximum absolute atomic E-state index is 2.69. The van der Waals surface area contributed by atoms with Gasteiger partial charge in [-0.15, -0.1) is 0 Å². The molecule has 4 heterocycles. The van der Waals surface area contributed by atoms with Crippen LogP contribution in [-0.4, -0.2) is 26.3 Å². The molecule has 0 aliphatic rings. The van der Waals surface area contributed by atoms with E-state index in [1.54, 1.807) is 0 Å². The number of para-hydroxylation sites is 5. The van der Waals surface area contributed by atoms with Crippen molar-refractivity contribution < 1.29 is 0 Å². The number of fused-ring (bicyclic) bond motifs is 13. The van der Waals surface area contributed by atoms with Gasteiger partial charge in [-0.2, -0.15) is 0 Å². The van der Waals surface area contributed by atoms with Gasteiger partial charge in [0.1, 0.15) is 0 Å². The molecule has 16 aromatic rings. The van der Waals surface area contributed by atoms with Crippen LogP contribution in [0.1, 0.15) is 0 Å². The molecular weight excluding hydrogens is 949 g/mol. The van der Waals surface area contributed by atoms with Gasteiger partial charge in [-0.3, -0.25) is 0 Å². The highest BCUT2D eigenvalue weighted by Crippen LogP contribution is 2.44. The highest BCUT2D eigenvalue weighted by atomic mass is 28.3. The predicted octanol–water partition coefficient (Wildman–Crippen LogP) is 15.5. The Morgan fingerprint density at radius 2 is 0.455 bits per heavy atom. The lowest BCUT2D eigenvalue weighted by atomic mass is 10.1. The summed E-state index contributed by atoms with van der Waals surface area (Å²) in [6.45, 7) is 0. The number of benzene rings is 12. The van der Waals surface area contributed by atoms with Crippen molar-refractivity contribution in [1.82, 2.24) is 18.3 Å². The van der Waals surface area contributed by atoms with Crippen molar-refractivity contribution in [1.29, 1.82) is 0 Å². The summed E-state index contributed by atoms with van der Waals surface area (Å²) in [5.74, 6) is 0. The Kier molecular flexibility index (Phi) is 9.62. The van der Waals surface area contributed by atoms with E-state index in [0.717, 1.165) is 22.7 Å². The molecule has 0 atom stereocenters. The molecule has 0 fully saturated rings. The first-order valence-corrected chi connectivity index (χ1v) is 28.6. The second-order valence-electron chi connectivity index (χ2n) is 20.4. The fourth-order valence-corrected chi connectivity index (χ4v) is 18.1. The van der Waals surface area contributed by atoms with Crippen molar-refractivity contribution in [2.45, 2.75) is 0 Å². The smallest absolute Gasteiger partial charge is 0.179 e. The van der Waals surface area contributed by atoms with Gasteiger partial charge in [0, 0.05) is 65.8 Å². The maximum Gasteiger partial charge on any atom is 0.179 e. The molecule has 0 bridgehead atoms. The molecule has 16 rings (SSSR count). The monoisotopic (exact) mass is 996 g/mol. The zero-order valence-corrected chi connectivity index (χ0v) is 43.0. The first-order valence-electron chi connectivity index (χ1n) is 26.6. The molecule has 0 saturated carbocycles. The third kappa shape index (κ3) is 6.32. The Hall–Kier alpha value is -9.94. The van der Waals surface area contributed by atoms with E-state index in [2.05, 4.69) is 309 Å². The average molecular weight is 997 g/mol. The van der Waals surface area contributed by atoms with Gasteiger partial charge in [0.05, 0.1) is 44.1 Å². The quantitative estimate of drug-likeness (QED) is 0.107. The van der Waals surface area contributed by atoms with Gasteiger partial charge in [-0.1, -0.05) is 194 Å². The SMILES string of the molecule is c1ccc(-n2c3ccccc3c3c4c5ccccc5n(-c5ccc6c(c5)c5ccccc5n6-c5ccc6c(c5)c5ccccc5n6-c5ccc([Si](c6ccccc6)(c6ccccc6)c6ccccc6)cc5)c4ccc32)cc1. The van der Waals surface area contributed by atoms with E-state index in [-0.39, 0.29) is 0 Å². The van der Waals surface area contributed by atoms with E-state index >= 15 is 0 Å². The lowest BCUT2D eigenvalue weighted by Crippen LogP contribution is -2.74. The standard InChI is InChI=1S/C72H48N4Si/c1-5-21-49(22-6-1)74-65-35-19-15-31-59(65)71-69(74)45-46-70-72(71)60-32-16-20-36-66(60)76(70)52-40-44-68-62(48-52)58-30-14-18-34-64(58)75(68)51-39-43-67-61(47-51)57-29-13-17-33-63(57)73(67)50-37-41-56(42-38-50)77(53-23-7-2-8-24-53,54-25-9-3-10-26-54)55-27-11-4-12-28-55/h1-48H. The van der Waals surface area contributed by atoms with Crippen LogP contribution in [0, 0.1) is 0 Å². The Bertz CT molecular complexity index is 4850. The van der Waals surface area contributed by atoms with Crippen molar-refractivity contribution in [3.8, 4) is 22.7 Å². The van der Waals surface area contributed by atoms with Crippen molar-refractivity contribution in [2.24, 2.45) is 0 Å². The van der Waals surface area contributed by atoms with Gasteiger partial charge in [0.2, 0.25) is 0 Å². The van der Waals surface area contributed by atoms with E-state index < -0.39 is 8.07 Å². The zero-order valence-electron chi connectivity index (χ0n) is 42.0. The van der Waals surface area contributed by atoms with E-state index in [4.69, 9.17) is 0 Å². The van der Waals surface area contributed by atoms with Crippen molar-refractivity contribution in [3.05, 3.63) is 291 Å². The molecule has 0 amide bonds. The second-order valence-corrected chi connectivity index (χ2v) is 24.2. The molecule has 360 valence electrons. The fraction of sp³-hybridized carbons (Fsp3) is 0. The summed E-state index contributed by atoms with van der Waals surface area (Å²) in [4.78, 5) is 0. The molecule has 0 unspecified atom stereocenters. The molecular formula is C72H48N4Si. The Morgan fingerprint density at radius 1 is 0.182 bits per heavy atom. The molecule has 0 saturated heterocycles. The molecule has 0 spiro atoms. The van der Waals surface area contributed by atoms with Crippen molar-refractivity contribution in [2.75, 3.05) is 0 Å². The van der Waals surface area contributed by atoms with Crippen LogP contribution in [0.2, 0.25) is 0 Å². The maximum atomic E-state index is 2.48. The highest BCUT2D eigenvalue weighted by molar-refractivity contribution is 7.19. The summed E-state index contributed by atoms with van der Waals surface area (Å²) in [6, 6.07) is 108. The second kappa shape index (κ2) is 17.0. The fourth-order valence-electron chi connectivity index (χ4n) is 13.3. The van der Waals surface area contributed by atoms with Crippen LogP contribution in [0.4, 0.5) is 0 Å². The summed E-state index contributed by atoms with van der Waals surface area (Å²) in [7, 11) is -2.69. The van der Waals surface area contributed by atoms with Crippen LogP contribution in [0.3, 0.4) is 0 Å². The zero-order chi connectivity index (χ0) is 50.6. The molecule has 0 aliphatic carbocycles. The molecule has 5 heteroatoms. The minimum absolute atomic E-state index is 1.13. The van der Waals surface area contributed by atoms with Gasteiger partial charge in [-0.25, -0.2) is 0 Å². The number of nitrogens with zero attached hydrogens (tertiary/aromatic N) is 4. The van der Waals surface area contributed by atoms with Crippen LogP contribution in [-0.2, 0) is 0 Å². The van der Waals surface area contributed by atoms with Gasteiger partial charge >= 0.3 is 0 Å². The summed E-state index contributed by atoms with van der Waals surface area (Å²) in [5, 5.41) is 15.4. The van der Waals surface area contributed by atoms with Crippen LogP contribution in [0.15, 0.2) is 291 Å². The lowest BCUT2D eigenvalue weighted by molar-refractivity contribution is 1.16. The summed E-state index contributed by atoms with van der Waals surface area (Å²) >= 11 is 0. The molecule has 12 aromatic carbocycles. The molecule has 4 aromatic heterocycles. The van der Waals surface area contributed by atoms with Crippen LogP contribution in [0.5, 0.6) is 0 Å².